The molecule has 8 aromatic carbocycles. The lowest BCUT2D eigenvalue weighted by atomic mass is 9.81. The molecule has 0 radical (unpaired) electrons. The highest BCUT2D eigenvalue weighted by molar-refractivity contribution is 6.22. The average Bonchev–Trinajstić information content (AvgIpc) is 3.42. The zero-order valence-electron chi connectivity index (χ0n) is 28.7. The van der Waals surface area contributed by atoms with E-state index in [0.717, 1.165) is 16.6 Å². The van der Waals surface area contributed by atoms with Crippen LogP contribution >= 0.6 is 0 Å². The van der Waals surface area contributed by atoms with E-state index < -0.39 is 0 Å². The predicted molar refractivity (Wildman–Crippen MR) is 216 cm³/mol. The molecule has 0 atom stereocenters. The van der Waals surface area contributed by atoms with E-state index in [1.165, 1.54) is 82.7 Å². The minimum atomic E-state index is -0.0445. The van der Waals surface area contributed by atoms with Gasteiger partial charge in [0.1, 0.15) is 0 Å². The van der Waals surface area contributed by atoms with Crippen molar-refractivity contribution in [2.75, 3.05) is 0 Å². The first-order valence-electron chi connectivity index (χ1n) is 17.8. The highest BCUT2D eigenvalue weighted by Gasteiger charge is 2.35. The van der Waals surface area contributed by atoms with Crippen LogP contribution in [0.25, 0.3) is 88.2 Å². The first-order chi connectivity index (χ1) is 25.1. The lowest BCUT2D eigenvalue weighted by Gasteiger charge is -2.22. The lowest BCUT2D eigenvalue weighted by Crippen LogP contribution is -2.14. The molecular weight excluding hydrogens is 615 g/mol. The molecule has 1 nitrogen and oxygen atoms in total. The van der Waals surface area contributed by atoms with Crippen molar-refractivity contribution in [1.29, 1.82) is 0 Å². The first-order valence-corrected chi connectivity index (χ1v) is 17.8. The van der Waals surface area contributed by atoms with Crippen molar-refractivity contribution >= 4 is 32.4 Å². The molecule has 0 unspecified atom stereocenters. The van der Waals surface area contributed by atoms with Crippen molar-refractivity contribution in [2.45, 2.75) is 19.3 Å². The molecular formula is C50H35N. The van der Waals surface area contributed by atoms with E-state index in [9.17, 15) is 0 Å². The standard InChI is InChI=1S/C50H35N/c1-50(2)44-23-13-11-19-36(44)42-30-35(26-28-45(42)50)48-38-21-9-10-22-39(38)49(40-27-25-34(29-43(40)48)32-15-5-3-6-16-32)47-31-41(33-17-7-4-8-18-33)37-20-12-14-24-46(37)51-47/h3-31H,1-2H3. The molecule has 1 heteroatoms. The van der Waals surface area contributed by atoms with Crippen LogP contribution in [-0.4, -0.2) is 4.98 Å². The first kappa shape index (κ1) is 29.6. The Kier molecular flexibility index (Phi) is 6.60. The van der Waals surface area contributed by atoms with Gasteiger partial charge in [-0.3, -0.25) is 0 Å². The zero-order chi connectivity index (χ0) is 34.1. The van der Waals surface area contributed by atoms with Crippen molar-refractivity contribution in [3.63, 3.8) is 0 Å². The van der Waals surface area contributed by atoms with E-state index in [2.05, 4.69) is 190 Å². The minimum absolute atomic E-state index is 0.0445. The summed E-state index contributed by atoms with van der Waals surface area (Å²) in [4.78, 5) is 5.40. The van der Waals surface area contributed by atoms with E-state index in [0.29, 0.717) is 0 Å². The monoisotopic (exact) mass is 649 g/mol. The van der Waals surface area contributed by atoms with Crippen LogP contribution in [0.3, 0.4) is 0 Å². The summed E-state index contributed by atoms with van der Waals surface area (Å²) in [6.45, 7) is 4.70. The summed E-state index contributed by atoms with van der Waals surface area (Å²) in [5, 5.41) is 6.02. The van der Waals surface area contributed by atoms with Gasteiger partial charge in [0.2, 0.25) is 0 Å². The number of benzene rings is 8. The van der Waals surface area contributed by atoms with Crippen LogP contribution in [0, 0.1) is 0 Å². The molecule has 1 heterocycles. The van der Waals surface area contributed by atoms with E-state index in [-0.39, 0.29) is 5.41 Å². The predicted octanol–water partition coefficient (Wildman–Crippen LogP) is 13.5. The fourth-order valence-electron chi connectivity index (χ4n) is 8.61. The molecule has 0 spiro atoms. The average molecular weight is 650 g/mol. The molecule has 0 saturated carbocycles. The van der Waals surface area contributed by atoms with Gasteiger partial charge in [0, 0.05) is 16.4 Å². The highest BCUT2D eigenvalue weighted by Crippen LogP contribution is 2.51. The maximum absolute atomic E-state index is 5.40. The number of hydrogen-bond donors (Lipinski definition) is 0. The second-order valence-corrected chi connectivity index (χ2v) is 14.3. The molecule has 0 bridgehead atoms. The topological polar surface area (TPSA) is 12.9 Å². The summed E-state index contributed by atoms with van der Waals surface area (Å²) in [6, 6.07) is 64.3. The third-order valence-corrected chi connectivity index (χ3v) is 11.1. The largest absolute Gasteiger partial charge is 0.248 e. The summed E-state index contributed by atoms with van der Waals surface area (Å²) in [7, 11) is 0. The summed E-state index contributed by atoms with van der Waals surface area (Å²) in [5.74, 6) is 0. The Morgan fingerprint density at radius 1 is 0.353 bits per heavy atom. The van der Waals surface area contributed by atoms with Gasteiger partial charge >= 0.3 is 0 Å². The van der Waals surface area contributed by atoms with E-state index >= 15 is 0 Å². The SMILES string of the molecule is CC1(C)c2ccccc2-c2cc(-c3c4ccccc4c(-c4cc(-c5ccccc5)c5ccccc5n4)c4ccc(-c5ccccc5)cc34)ccc21. The van der Waals surface area contributed by atoms with Gasteiger partial charge in [0.15, 0.2) is 0 Å². The lowest BCUT2D eigenvalue weighted by molar-refractivity contribution is 0.660. The maximum atomic E-state index is 5.40. The van der Waals surface area contributed by atoms with Gasteiger partial charge in [-0.05, 0) is 101 Å². The summed E-state index contributed by atoms with van der Waals surface area (Å²) in [6.07, 6.45) is 0. The third-order valence-electron chi connectivity index (χ3n) is 11.1. The summed E-state index contributed by atoms with van der Waals surface area (Å²) < 4.78 is 0. The molecule has 0 saturated heterocycles. The Balaban J connectivity index is 1.32. The van der Waals surface area contributed by atoms with E-state index in [4.69, 9.17) is 4.98 Å². The Morgan fingerprint density at radius 3 is 1.73 bits per heavy atom. The van der Waals surface area contributed by atoms with Crippen LogP contribution < -0.4 is 0 Å². The smallest absolute Gasteiger partial charge is 0.0728 e. The molecule has 0 amide bonds. The molecule has 10 rings (SSSR count). The van der Waals surface area contributed by atoms with E-state index in [1.54, 1.807) is 0 Å². The molecule has 1 aliphatic carbocycles. The maximum Gasteiger partial charge on any atom is 0.0728 e. The van der Waals surface area contributed by atoms with Gasteiger partial charge in [-0.15, -0.1) is 0 Å². The second-order valence-electron chi connectivity index (χ2n) is 14.3. The van der Waals surface area contributed by atoms with Gasteiger partial charge in [-0.1, -0.05) is 166 Å². The van der Waals surface area contributed by atoms with Gasteiger partial charge in [-0.2, -0.15) is 0 Å². The van der Waals surface area contributed by atoms with Gasteiger partial charge < -0.3 is 0 Å². The quantitative estimate of drug-likeness (QED) is 0.173. The molecule has 9 aromatic rings. The van der Waals surface area contributed by atoms with E-state index in [1.807, 2.05) is 0 Å². The van der Waals surface area contributed by atoms with Crippen LogP contribution in [0.5, 0.6) is 0 Å². The number of nitrogens with zero attached hydrogens (tertiary/aromatic N) is 1. The Labute approximate surface area is 298 Å². The third kappa shape index (κ3) is 4.59. The number of fused-ring (bicyclic) bond motifs is 6. The fourth-order valence-corrected chi connectivity index (χ4v) is 8.61. The highest BCUT2D eigenvalue weighted by atomic mass is 14.7. The van der Waals surface area contributed by atoms with Crippen LogP contribution in [-0.2, 0) is 5.41 Å². The zero-order valence-corrected chi connectivity index (χ0v) is 28.7. The molecule has 1 aliphatic rings. The van der Waals surface area contributed by atoms with Crippen LogP contribution in [0.2, 0.25) is 0 Å². The van der Waals surface area contributed by atoms with Crippen molar-refractivity contribution in [3.8, 4) is 55.8 Å². The van der Waals surface area contributed by atoms with Crippen molar-refractivity contribution in [3.05, 3.63) is 187 Å². The molecule has 1 aromatic heterocycles. The van der Waals surface area contributed by atoms with Crippen LogP contribution in [0.4, 0.5) is 0 Å². The Morgan fingerprint density at radius 2 is 0.941 bits per heavy atom. The molecule has 0 N–H and O–H groups in total. The van der Waals surface area contributed by atoms with Gasteiger partial charge in [0.25, 0.3) is 0 Å². The number of hydrogen-bond acceptors (Lipinski definition) is 1. The van der Waals surface area contributed by atoms with Crippen LogP contribution in [0.15, 0.2) is 176 Å². The Hall–Kier alpha value is -6.31. The van der Waals surface area contributed by atoms with Gasteiger partial charge in [-0.25, -0.2) is 4.98 Å². The van der Waals surface area contributed by atoms with Crippen molar-refractivity contribution < 1.29 is 0 Å². The summed E-state index contributed by atoms with van der Waals surface area (Å²) >= 11 is 0. The number of para-hydroxylation sites is 1. The fraction of sp³-hybridized carbons (Fsp3) is 0.0600. The van der Waals surface area contributed by atoms with Crippen molar-refractivity contribution in [1.82, 2.24) is 4.98 Å². The normalized spacial score (nSPS) is 13.1. The molecule has 51 heavy (non-hydrogen) atoms. The number of aromatic nitrogens is 1. The summed E-state index contributed by atoms with van der Waals surface area (Å²) in [5.41, 5.74) is 15.8. The molecule has 240 valence electrons. The minimum Gasteiger partial charge on any atom is -0.248 e. The van der Waals surface area contributed by atoms with Crippen LogP contribution in [0.1, 0.15) is 25.0 Å². The second kappa shape index (κ2) is 11.4. The van der Waals surface area contributed by atoms with Gasteiger partial charge in [0.05, 0.1) is 11.2 Å². The molecule has 0 aliphatic heterocycles. The molecule has 0 fully saturated rings. The Bertz CT molecular complexity index is 2810. The number of rotatable bonds is 4. The number of pyridine rings is 1. The van der Waals surface area contributed by atoms with Crippen molar-refractivity contribution in [2.24, 2.45) is 0 Å².